The fraction of sp³-hybridized carbons (Fsp3) is 0.333. The first-order valence-corrected chi connectivity index (χ1v) is 8.12. The largest absolute Gasteiger partial charge is 0.490 e. The lowest BCUT2D eigenvalue weighted by Gasteiger charge is -2.07. The molecule has 1 aromatic carbocycles. The van der Waals surface area contributed by atoms with Crippen LogP contribution in [-0.2, 0) is 0 Å². The maximum absolute atomic E-state index is 5.89. The number of hydrogen-bond acceptors (Lipinski definition) is 4. The van der Waals surface area contributed by atoms with Crippen LogP contribution in [0.4, 0.5) is 5.69 Å². The summed E-state index contributed by atoms with van der Waals surface area (Å²) in [4.78, 5) is 0. The highest BCUT2D eigenvalue weighted by atomic mass is 16.5. The van der Waals surface area contributed by atoms with E-state index in [1.165, 1.54) is 19.3 Å². The number of nitrogens with zero attached hydrogens (tertiary/aromatic N) is 3. The number of fused-ring (bicyclic) bond motifs is 1. The minimum Gasteiger partial charge on any atom is -0.490 e. The molecule has 2 heterocycles. The molecule has 0 saturated carbocycles. The van der Waals surface area contributed by atoms with E-state index in [0.717, 1.165) is 29.2 Å². The molecule has 0 aliphatic carbocycles. The van der Waals surface area contributed by atoms with Crippen molar-refractivity contribution in [2.45, 2.75) is 32.6 Å². The average Bonchev–Trinajstić information content (AvgIpc) is 2.99. The summed E-state index contributed by atoms with van der Waals surface area (Å²) in [5, 5.41) is 8.59. The number of nitrogen functional groups attached to an aromatic ring is 1. The number of unbranched alkanes of at least 4 members (excludes halogenated alkanes) is 3. The van der Waals surface area contributed by atoms with Crippen molar-refractivity contribution < 1.29 is 4.74 Å². The van der Waals surface area contributed by atoms with Crippen LogP contribution >= 0.6 is 0 Å². The van der Waals surface area contributed by atoms with Crippen LogP contribution in [0, 0.1) is 0 Å². The van der Waals surface area contributed by atoms with E-state index < -0.39 is 0 Å². The highest BCUT2D eigenvalue weighted by molar-refractivity contribution is 5.66. The van der Waals surface area contributed by atoms with Gasteiger partial charge in [0.1, 0.15) is 0 Å². The smallest absolute Gasteiger partial charge is 0.203 e. The lowest BCUT2D eigenvalue weighted by Crippen LogP contribution is -1.99. The van der Waals surface area contributed by atoms with Gasteiger partial charge in [0.15, 0.2) is 11.6 Å². The van der Waals surface area contributed by atoms with Crippen LogP contribution in [0.3, 0.4) is 0 Å². The molecule has 0 radical (unpaired) electrons. The van der Waals surface area contributed by atoms with Crippen LogP contribution in [0.1, 0.15) is 32.6 Å². The molecule has 23 heavy (non-hydrogen) atoms. The number of nitrogens with two attached hydrogens (primary N) is 1. The zero-order chi connectivity index (χ0) is 16.1. The SMILES string of the molecule is CCCCCCOc1cccn2c(-c3cccc(N)c3)nnc12. The Balaban J connectivity index is 1.83. The minimum atomic E-state index is 0.708. The van der Waals surface area contributed by atoms with Gasteiger partial charge in [-0.2, -0.15) is 0 Å². The zero-order valence-electron chi connectivity index (χ0n) is 13.4. The predicted molar refractivity (Wildman–Crippen MR) is 92.5 cm³/mol. The molecule has 5 nitrogen and oxygen atoms in total. The molecule has 2 N–H and O–H groups in total. The predicted octanol–water partition coefficient (Wildman–Crippen LogP) is 3.94. The molecule has 3 rings (SSSR count). The number of benzene rings is 1. The molecule has 0 amide bonds. The number of ether oxygens (including phenoxy) is 1. The van der Waals surface area contributed by atoms with Gasteiger partial charge < -0.3 is 10.5 Å². The molecule has 2 aromatic heterocycles. The third-order valence-corrected chi connectivity index (χ3v) is 3.80. The fourth-order valence-electron chi connectivity index (χ4n) is 2.59. The molecule has 5 heteroatoms. The fourth-order valence-corrected chi connectivity index (χ4v) is 2.59. The van der Waals surface area contributed by atoms with Crippen molar-refractivity contribution >= 4 is 11.3 Å². The second kappa shape index (κ2) is 7.13. The summed E-state index contributed by atoms with van der Waals surface area (Å²) < 4.78 is 7.83. The van der Waals surface area contributed by atoms with E-state index in [2.05, 4.69) is 17.1 Å². The minimum absolute atomic E-state index is 0.708. The van der Waals surface area contributed by atoms with Crippen molar-refractivity contribution in [3.05, 3.63) is 42.6 Å². The third kappa shape index (κ3) is 3.44. The Hall–Kier alpha value is -2.56. The maximum Gasteiger partial charge on any atom is 0.203 e. The number of anilines is 1. The normalized spacial score (nSPS) is 11.0. The van der Waals surface area contributed by atoms with Gasteiger partial charge in [-0.1, -0.05) is 38.3 Å². The van der Waals surface area contributed by atoms with E-state index in [1.807, 2.05) is 47.0 Å². The lowest BCUT2D eigenvalue weighted by atomic mass is 10.2. The van der Waals surface area contributed by atoms with E-state index in [9.17, 15) is 0 Å². The standard InChI is InChI=1S/C18H22N4O/c1-2-3-4-5-12-23-16-10-7-11-22-17(20-21-18(16)22)14-8-6-9-15(19)13-14/h6-11,13H,2-5,12,19H2,1H3. The zero-order valence-corrected chi connectivity index (χ0v) is 13.4. The number of pyridine rings is 1. The van der Waals surface area contributed by atoms with Crippen LogP contribution in [0.25, 0.3) is 17.0 Å². The first-order valence-electron chi connectivity index (χ1n) is 8.12. The molecule has 0 aliphatic rings. The Morgan fingerprint density at radius 3 is 2.83 bits per heavy atom. The van der Waals surface area contributed by atoms with Gasteiger partial charge in [-0.3, -0.25) is 4.40 Å². The molecular weight excluding hydrogens is 288 g/mol. The molecule has 0 fully saturated rings. The first kappa shape index (κ1) is 15.3. The molecule has 0 spiro atoms. The first-order chi connectivity index (χ1) is 11.3. The van der Waals surface area contributed by atoms with Gasteiger partial charge in [0.2, 0.25) is 5.65 Å². The van der Waals surface area contributed by atoms with Crippen molar-refractivity contribution in [3.63, 3.8) is 0 Å². The molecule has 0 atom stereocenters. The van der Waals surface area contributed by atoms with Crippen molar-refractivity contribution in [1.29, 1.82) is 0 Å². The summed E-state index contributed by atoms with van der Waals surface area (Å²) in [7, 11) is 0. The monoisotopic (exact) mass is 310 g/mol. The quantitative estimate of drug-likeness (QED) is 0.530. The molecule has 0 unspecified atom stereocenters. The van der Waals surface area contributed by atoms with Gasteiger partial charge in [-0.25, -0.2) is 0 Å². The maximum atomic E-state index is 5.89. The van der Waals surface area contributed by atoms with Gasteiger partial charge in [-0.05, 0) is 30.7 Å². The summed E-state index contributed by atoms with van der Waals surface area (Å²) >= 11 is 0. The van der Waals surface area contributed by atoms with Crippen LogP contribution in [-0.4, -0.2) is 21.2 Å². The molecule has 120 valence electrons. The van der Waals surface area contributed by atoms with Crippen LogP contribution in [0.5, 0.6) is 5.75 Å². The molecule has 0 bridgehead atoms. The van der Waals surface area contributed by atoms with Gasteiger partial charge in [0.05, 0.1) is 6.61 Å². The van der Waals surface area contributed by atoms with Gasteiger partial charge in [0, 0.05) is 17.4 Å². The Bertz CT molecular complexity index is 782. The van der Waals surface area contributed by atoms with Crippen LogP contribution < -0.4 is 10.5 Å². The summed E-state index contributed by atoms with van der Waals surface area (Å²) in [6.07, 6.45) is 6.67. The molecule has 3 aromatic rings. The highest BCUT2D eigenvalue weighted by Crippen LogP contribution is 2.25. The summed E-state index contributed by atoms with van der Waals surface area (Å²) in [6, 6.07) is 11.5. The second-order valence-electron chi connectivity index (χ2n) is 5.62. The van der Waals surface area contributed by atoms with Gasteiger partial charge >= 0.3 is 0 Å². The number of rotatable bonds is 7. The topological polar surface area (TPSA) is 65.4 Å². The van der Waals surface area contributed by atoms with Gasteiger partial charge in [0.25, 0.3) is 0 Å². The van der Waals surface area contributed by atoms with Crippen LogP contribution in [0.2, 0.25) is 0 Å². The number of aromatic nitrogens is 3. The summed E-state index contributed by atoms with van der Waals surface area (Å²) in [5.74, 6) is 1.54. The number of hydrogen-bond donors (Lipinski definition) is 1. The Morgan fingerprint density at radius 1 is 1.09 bits per heavy atom. The Labute approximate surface area is 136 Å². The van der Waals surface area contributed by atoms with E-state index in [4.69, 9.17) is 10.5 Å². The van der Waals surface area contributed by atoms with Crippen molar-refractivity contribution in [1.82, 2.24) is 14.6 Å². The second-order valence-corrected chi connectivity index (χ2v) is 5.62. The van der Waals surface area contributed by atoms with E-state index >= 15 is 0 Å². The molecular formula is C18H22N4O. The van der Waals surface area contributed by atoms with E-state index in [-0.39, 0.29) is 0 Å². The van der Waals surface area contributed by atoms with Crippen molar-refractivity contribution in [3.8, 4) is 17.1 Å². The molecule has 0 aliphatic heterocycles. The summed E-state index contributed by atoms with van der Waals surface area (Å²) in [5.41, 5.74) is 8.25. The summed E-state index contributed by atoms with van der Waals surface area (Å²) in [6.45, 7) is 2.91. The third-order valence-electron chi connectivity index (χ3n) is 3.80. The van der Waals surface area contributed by atoms with Crippen molar-refractivity contribution in [2.24, 2.45) is 0 Å². The Morgan fingerprint density at radius 2 is 2.00 bits per heavy atom. The van der Waals surface area contributed by atoms with E-state index in [0.29, 0.717) is 12.3 Å². The highest BCUT2D eigenvalue weighted by Gasteiger charge is 2.11. The molecule has 0 saturated heterocycles. The van der Waals surface area contributed by atoms with E-state index in [1.54, 1.807) is 0 Å². The van der Waals surface area contributed by atoms with Crippen molar-refractivity contribution in [2.75, 3.05) is 12.3 Å². The van der Waals surface area contributed by atoms with Gasteiger partial charge in [-0.15, -0.1) is 10.2 Å². The van der Waals surface area contributed by atoms with Crippen LogP contribution in [0.15, 0.2) is 42.6 Å². The average molecular weight is 310 g/mol. The lowest BCUT2D eigenvalue weighted by molar-refractivity contribution is 0.307. The Kier molecular flexibility index (Phi) is 4.76.